The molecule has 5 aliphatic rings. The van der Waals surface area contributed by atoms with Gasteiger partial charge in [-0.3, -0.25) is 0 Å². The first-order chi connectivity index (χ1) is 26.4. The summed E-state index contributed by atoms with van der Waals surface area (Å²) in [5.41, 5.74) is 0.103. The summed E-state index contributed by atoms with van der Waals surface area (Å²) in [5, 5.41) is 4.08. The minimum atomic E-state index is -1.01. The summed E-state index contributed by atoms with van der Waals surface area (Å²) < 4.78 is 0. The average molecular weight is 1140 g/mol. The molecule has 4 fully saturated rings. The quantitative estimate of drug-likeness (QED) is 0.0994. The average Bonchev–Trinajstić information content (AvgIpc) is 3.92. The fourth-order valence-electron chi connectivity index (χ4n) is 8.07. The standard InChI is InChI=1S/C32H14Cl16N8.Co/c33-9-1-2(10(34)18(42)17(9)41)26-49-25(1)53-27-3-4(12(36)20(44)19(43)11(3)35)29(50-27)55-31-7-8(16(40)24(48)23(47)15(7)39)32(52-31)56-30-6-5(28(51-30)54-26)13(37)21(45)22(46)14(6)38;/h1-2,7-10,15-18,23-25,31H;/q-4;+2. The van der Waals surface area contributed by atoms with E-state index in [1.165, 1.54) is 0 Å². The van der Waals surface area contributed by atoms with Gasteiger partial charge in [-0.15, -0.1) is 92.8 Å². The zero-order chi connectivity index (χ0) is 40.1. The zero-order valence-electron chi connectivity index (χ0n) is 27.0. The fraction of sp³-hybridized carbons (Fsp3) is 0.438. The molecule has 5 heterocycles. The van der Waals surface area contributed by atoms with Crippen LogP contribution in [0.5, 0.6) is 0 Å². The number of halogens is 16. The van der Waals surface area contributed by atoms with Crippen LogP contribution in [0.25, 0.3) is 32.2 Å². The molecule has 0 amide bonds. The van der Waals surface area contributed by atoms with E-state index in [4.69, 9.17) is 226 Å². The maximum Gasteiger partial charge on any atom is 2.00 e. The van der Waals surface area contributed by atoms with Crippen LogP contribution in [0, 0.1) is 23.7 Å². The topological polar surface area (TPSA) is 106 Å². The van der Waals surface area contributed by atoms with E-state index in [0.29, 0.717) is 0 Å². The first-order valence-electron chi connectivity index (χ1n) is 16.2. The monoisotopic (exact) mass is 1130 g/mol. The molecule has 1 radical (unpaired) electrons. The van der Waals surface area contributed by atoms with Gasteiger partial charge in [0.15, 0.2) is 0 Å². The van der Waals surface area contributed by atoms with Crippen molar-refractivity contribution >= 4 is 230 Å². The van der Waals surface area contributed by atoms with Crippen LogP contribution in [0.15, 0.2) is 20.0 Å². The van der Waals surface area contributed by atoms with Gasteiger partial charge < -0.3 is 40.6 Å². The van der Waals surface area contributed by atoms with Crippen LogP contribution >= 0.6 is 186 Å². The number of hydrogen-bond donors (Lipinski definition) is 0. The molecule has 57 heavy (non-hydrogen) atoms. The van der Waals surface area contributed by atoms with Crippen LogP contribution < -0.4 is 20.9 Å². The van der Waals surface area contributed by atoms with Crippen molar-refractivity contribution in [3.05, 3.63) is 61.8 Å². The first kappa shape index (κ1) is 44.8. The summed E-state index contributed by atoms with van der Waals surface area (Å²) in [7, 11) is 0. The van der Waals surface area contributed by atoms with Crippen LogP contribution in [-0.2, 0) is 16.8 Å². The van der Waals surface area contributed by atoms with E-state index in [2.05, 4.69) is 0 Å². The predicted molar refractivity (Wildman–Crippen MR) is 236 cm³/mol. The van der Waals surface area contributed by atoms with Gasteiger partial charge in [0, 0.05) is 32.5 Å². The van der Waals surface area contributed by atoms with Crippen molar-refractivity contribution in [3.63, 3.8) is 0 Å². The SMILES string of the molecule is Clc1c(Cl)c(Cl)c2c3[n-]c(c2c1Cl)/N=C1\[N-]C(/N=c2\[n-]/c(c4c(Cl)c(Cl)c(Cl)c(Cl)c24)=N\C2[N-]/C(=N\3)C3C(Cl)C(Cl)C(Cl)C(Cl)C23)C2C(Cl)C(Cl)C(Cl)C(Cl)C12.[Co+2]. The maximum atomic E-state index is 7.07. The third-order valence-corrected chi connectivity index (χ3v) is 19.5. The number of hydrogen-bond acceptors (Lipinski definition) is 4. The third-order valence-electron chi connectivity index (χ3n) is 10.7. The summed E-state index contributed by atoms with van der Waals surface area (Å²) in [6.07, 6.45) is -2.03. The second-order valence-corrected chi connectivity index (χ2v) is 20.6. The Kier molecular flexibility index (Phi) is 12.8. The molecule has 25 heteroatoms. The molecule has 2 aromatic heterocycles. The largest absolute Gasteiger partial charge is 2.00 e. The second-order valence-electron chi connectivity index (χ2n) is 13.6. The van der Waals surface area contributed by atoms with Gasteiger partial charge in [0.2, 0.25) is 0 Å². The van der Waals surface area contributed by atoms with Crippen LogP contribution in [0.2, 0.25) is 40.2 Å². The molecule has 2 saturated carbocycles. The molecule has 2 aromatic carbocycles. The molecule has 3 aliphatic heterocycles. The van der Waals surface area contributed by atoms with Crippen molar-refractivity contribution in [3.8, 4) is 0 Å². The minimum Gasteiger partial charge on any atom is -0.459 e. The van der Waals surface area contributed by atoms with Gasteiger partial charge >= 0.3 is 16.8 Å². The van der Waals surface area contributed by atoms with E-state index in [0.717, 1.165) is 0 Å². The number of rotatable bonds is 0. The number of aromatic nitrogens is 2. The number of nitrogens with zero attached hydrogens (tertiary/aromatic N) is 8. The molecule has 8 nitrogen and oxygen atoms in total. The fourth-order valence-corrected chi connectivity index (χ4v) is 13.4. The molecule has 9 rings (SSSR count). The van der Waals surface area contributed by atoms with Crippen molar-refractivity contribution < 1.29 is 16.8 Å². The van der Waals surface area contributed by atoms with E-state index in [1.807, 2.05) is 0 Å². The molecule has 2 saturated heterocycles. The van der Waals surface area contributed by atoms with E-state index in [9.17, 15) is 0 Å². The van der Waals surface area contributed by atoms with Gasteiger partial charge in [-0.1, -0.05) is 104 Å². The third kappa shape index (κ3) is 6.71. The van der Waals surface area contributed by atoms with Crippen molar-refractivity contribution in [1.29, 1.82) is 0 Å². The van der Waals surface area contributed by atoms with E-state index in [-0.39, 0.29) is 113 Å². The van der Waals surface area contributed by atoms with Crippen LogP contribution in [0.3, 0.4) is 0 Å². The smallest absolute Gasteiger partial charge is 0.459 e. The molecular weight excluding hydrogens is 1120 g/mol. The Labute approximate surface area is 413 Å². The van der Waals surface area contributed by atoms with Gasteiger partial charge in [-0.2, -0.15) is 0 Å². The zero-order valence-corrected chi connectivity index (χ0v) is 40.2. The molecule has 8 bridgehead atoms. The summed E-state index contributed by atoms with van der Waals surface area (Å²) in [6, 6.07) is 0. The molecule has 14 unspecified atom stereocenters. The predicted octanol–water partition coefficient (Wildman–Crippen LogP) is 12.9. The Hall–Kier alpha value is 1.21. The van der Waals surface area contributed by atoms with E-state index < -0.39 is 79.0 Å². The van der Waals surface area contributed by atoms with Crippen LogP contribution in [0.4, 0.5) is 11.6 Å². The molecule has 2 aliphatic carbocycles. The van der Waals surface area contributed by atoms with Gasteiger partial charge in [-0.25, -0.2) is 0 Å². The summed E-state index contributed by atoms with van der Waals surface area (Å²) in [5.74, 6) is -2.43. The Morgan fingerprint density at radius 1 is 0.368 bits per heavy atom. The van der Waals surface area contributed by atoms with Crippen LogP contribution in [-0.4, -0.2) is 67.0 Å². The Morgan fingerprint density at radius 3 is 1.04 bits per heavy atom. The molecule has 0 spiro atoms. The number of benzene rings is 2. The Balaban J connectivity index is 0.00000455. The minimum absolute atomic E-state index is 0. The Bertz CT molecular complexity index is 2400. The first-order valence-corrected chi connectivity index (χ1v) is 22.7. The van der Waals surface area contributed by atoms with Crippen molar-refractivity contribution in [2.75, 3.05) is 0 Å². The number of aliphatic imine (C=N–C) groups is 2. The van der Waals surface area contributed by atoms with Gasteiger partial charge in [0.25, 0.3) is 0 Å². The van der Waals surface area contributed by atoms with Gasteiger partial charge in [0.1, 0.15) is 0 Å². The molecule has 4 aromatic rings. The number of alkyl halides is 8. The van der Waals surface area contributed by atoms with Crippen LogP contribution in [0.1, 0.15) is 0 Å². The number of amidine groups is 2. The Morgan fingerprint density at radius 2 is 0.684 bits per heavy atom. The van der Waals surface area contributed by atoms with E-state index >= 15 is 0 Å². The van der Waals surface area contributed by atoms with Crippen molar-refractivity contribution in [2.45, 2.75) is 55.3 Å². The van der Waals surface area contributed by atoms with Crippen molar-refractivity contribution in [2.24, 2.45) is 43.6 Å². The van der Waals surface area contributed by atoms with Gasteiger partial charge in [0.05, 0.1) is 83.2 Å². The summed E-state index contributed by atoms with van der Waals surface area (Å²) >= 11 is 109. The normalized spacial score (nSPS) is 38.7. The molecule has 305 valence electrons. The van der Waals surface area contributed by atoms with E-state index in [1.54, 1.807) is 0 Å². The molecule has 0 N–H and O–H groups in total. The molecule has 14 atom stereocenters. The van der Waals surface area contributed by atoms with Gasteiger partial charge in [-0.05, 0) is 47.6 Å². The summed E-state index contributed by atoms with van der Waals surface area (Å²) in [4.78, 5) is 29.4. The van der Waals surface area contributed by atoms with Crippen molar-refractivity contribution in [1.82, 2.24) is 9.97 Å². The molecular formula is C32H14Cl16CoN8-2. The second kappa shape index (κ2) is 16.3. The number of fused-ring (bicyclic) bond motifs is 20. The maximum absolute atomic E-state index is 7.07. The summed E-state index contributed by atoms with van der Waals surface area (Å²) in [6.45, 7) is 0.